The van der Waals surface area contributed by atoms with Gasteiger partial charge >= 0.3 is 0 Å². The predicted molar refractivity (Wildman–Crippen MR) is 97.8 cm³/mol. The van der Waals surface area contributed by atoms with Crippen molar-refractivity contribution in [3.8, 4) is 11.5 Å². The van der Waals surface area contributed by atoms with E-state index >= 15 is 0 Å². The Balaban J connectivity index is 1.51. The molecule has 0 amide bonds. The van der Waals surface area contributed by atoms with Crippen LogP contribution >= 0.6 is 0 Å². The summed E-state index contributed by atoms with van der Waals surface area (Å²) in [5.41, 5.74) is 9.35. The van der Waals surface area contributed by atoms with Gasteiger partial charge in [0.1, 0.15) is 0 Å². The van der Waals surface area contributed by atoms with E-state index in [1.165, 1.54) is 0 Å². The van der Waals surface area contributed by atoms with Gasteiger partial charge in [0, 0.05) is 17.2 Å². The van der Waals surface area contributed by atoms with Crippen molar-refractivity contribution in [2.45, 2.75) is 25.7 Å². The number of nitrogen functional groups attached to an aromatic ring is 1. The first-order chi connectivity index (χ1) is 12.2. The van der Waals surface area contributed by atoms with E-state index in [4.69, 9.17) is 15.2 Å². The summed E-state index contributed by atoms with van der Waals surface area (Å²) in [5.74, 6) is 1.97. The molecule has 1 heterocycles. The molecule has 128 valence electrons. The van der Waals surface area contributed by atoms with Crippen LogP contribution in [-0.4, -0.2) is 12.6 Å². The van der Waals surface area contributed by atoms with Gasteiger partial charge in [-0.2, -0.15) is 0 Å². The van der Waals surface area contributed by atoms with Crippen molar-refractivity contribution >= 4 is 17.5 Å². The molecule has 0 atom stereocenters. The van der Waals surface area contributed by atoms with E-state index in [-0.39, 0.29) is 18.5 Å². The minimum absolute atomic E-state index is 0.169. The Hall–Kier alpha value is -2.75. The lowest BCUT2D eigenvalue weighted by atomic mass is 9.79. The van der Waals surface area contributed by atoms with Gasteiger partial charge in [0.2, 0.25) is 6.79 Å². The summed E-state index contributed by atoms with van der Waals surface area (Å²) in [6.45, 7) is 0.284. The number of benzene rings is 2. The lowest BCUT2D eigenvalue weighted by molar-refractivity contribution is 0.0855. The predicted octanol–water partition coefficient (Wildman–Crippen LogP) is 4.24. The van der Waals surface area contributed by atoms with Gasteiger partial charge in [-0.25, -0.2) is 0 Å². The molecule has 25 heavy (non-hydrogen) atoms. The third-order valence-corrected chi connectivity index (χ3v) is 4.91. The zero-order valence-electron chi connectivity index (χ0n) is 14.0. The van der Waals surface area contributed by atoms with Crippen LogP contribution in [0.5, 0.6) is 11.5 Å². The summed E-state index contributed by atoms with van der Waals surface area (Å²) in [6, 6.07) is 11.5. The molecule has 2 N–H and O–H groups in total. The minimum atomic E-state index is 0.169. The largest absolute Gasteiger partial charge is 0.454 e. The van der Waals surface area contributed by atoms with Gasteiger partial charge in [0.05, 0.1) is 0 Å². The molecule has 4 heteroatoms. The third-order valence-electron chi connectivity index (χ3n) is 4.91. The Bertz CT molecular complexity index is 837. The number of ketones is 1. The van der Waals surface area contributed by atoms with Crippen LogP contribution in [0.4, 0.5) is 5.69 Å². The maximum atomic E-state index is 12.6. The van der Waals surface area contributed by atoms with E-state index in [0.717, 1.165) is 53.9 Å². The highest BCUT2D eigenvalue weighted by atomic mass is 16.7. The van der Waals surface area contributed by atoms with E-state index in [1.54, 1.807) is 6.07 Å². The molecule has 4 rings (SSSR count). The molecular weight excluding hydrogens is 314 g/mol. The van der Waals surface area contributed by atoms with Crippen LogP contribution in [0.2, 0.25) is 0 Å². The van der Waals surface area contributed by atoms with Crippen LogP contribution in [-0.2, 0) is 6.42 Å². The number of allylic oxidation sites excluding steroid dienone is 1. The SMILES string of the molecule is Nc1ccc(/C=C/Cc2ccc3c(c2)OCO3)c(C(=O)C2CCC2)c1. The zero-order valence-corrected chi connectivity index (χ0v) is 14.0. The molecule has 1 aliphatic heterocycles. The Morgan fingerprint density at radius 2 is 1.96 bits per heavy atom. The topological polar surface area (TPSA) is 61.6 Å². The summed E-state index contributed by atoms with van der Waals surface area (Å²) in [4.78, 5) is 12.6. The summed E-state index contributed by atoms with van der Waals surface area (Å²) >= 11 is 0. The Morgan fingerprint density at radius 1 is 1.12 bits per heavy atom. The molecule has 0 aromatic heterocycles. The molecule has 2 aromatic carbocycles. The van der Waals surface area contributed by atoms with Crippen LogP contribution < -0.4 is 15.2 Å². The highest BCUT2D eigenvalue weighted by Gasteiger charge is 2.27. The molecule has 2 aromatic rings. The molecule has 1 aliphatic carbocycles. The van der Waals surface area contributed by atoms with Gasteiger partial charge in [0.15, 0.2) is 17.3 Å². The maximum Gasteiger partial charge on any atom is 0.231 e. The van der Waals surface area contributed by atoms with Crippen molar-refractivity contribution < 1.29 is 14.3 Å². The second kappa shape index (κ2) is 6.63. The van der Waals surface area contributed by atoms with E-state index in [0.29, 0.717) is 5.69 Å². The number of carbonyl (C=O) groups is 1. The number of anilines is 1. The quantitative estimate of drug-likeness (QED) is 0.656. The summed E-state index contributed by atoms with van der Waals surface area (Å²) in [5, 5.41) is 0. The Morgan fingerprint density at radius 3 is 2.76 bits per heavy atom. The van der Waals surface area contributed by atoms with E-state index in [1.807, 2.05) is 36.4 Å². The van der Waals surface area contributed by atoms with Crippen LogP contribution in [0.15, 0.2) is 42.5 Å². The molecular formula is C21H21NO3. The smallest absolute Gasteiger partial charge is 0.231 e. The van der Waals surface area contributed by atoms with Gasteiger partial charge in [-0.3, -0.25) is 4.79 Å². The number of hydrogen-bond donors (Lipinski definition) is 1. The fraction of sp³-hybridized carbons (Fsp3) is 0.286. The molecule has 0 spiro atoms. The minimum Gasteiger partial charge on any atom is -0.454 e. The van der Waals surface area contributed by atoms with Gasteiger partial charge in [-0.15, -0.1) is 0 Å². The average molecular weight is 335 g/mol. The zero-order chi connectivity index (χ0) is 17.2. The highest BCUT2D eigenvalue weighted by Crippen LogP contribution is 2.33. The highest BCUT2D eigenvalue weighted by molar-refractivity contribution is 6.02. The second-order valence-corrected chi connectivity index (χ2v) is 6.63. The lowest BCUT2D eigenvalue weighted by Gasteiger charge is -2.24. The molecule has 0 bridgehead atoms. The molecule has 0 unspecified atom stereocenters. The summed E-state index contributed by atoms with van der Waals surface area (Å²) in [6.07, 6.45) is 7.98. The molecule has 1 saturated carbocycles. The van der Waals surface area contributed by atoms with Crippen molar-refractivity contribution in [2.75, 3.05) is 12.5 Å². The number of hydrogen-bond acceptors (Lipinski definition) is 4. The Kier molecular flexibility index (Phi) is 4.18. The summed E-state index contributed by atoms with van der Waals surface area (Å²) in [7, 11) is 0. The van der Waals surface area contributed by atoms with E-state index in [2.05, 4.69) is 6.08 Å². The summed E-state index contributed by atoms with van der Waals surface area (Å²) < 4.78 is 10.7. The van der Waals surface area contributed by atoms with Crippen LogP contribution in [0.25, 0.3) is 6.08 Å². The molecule has 4 nitrogen and oxygen atoms in total. The van der Waals surface area contributed by atoms with Gasteiger partial charge in [0.25, 0.3) is 0 Å². The van der Waals surface area contributed by atoms with Crippen molar-refractivity contribution in [1.82, 2.24) is 0 Å². The fourth-order valence-corrected chi connectivity index (χ4v) is 3.21. The molecule has 2 aliphatic rings. The van der Waals surface area contributed by atoms with Gasteiger partial charge in [-0.05, 0) is 54.7 Å². The number of nitrogens with two attached hydrogens (primary N) is 1. The van der Waals surface area contributed by atoms with Crippen molar-refractivity contribution in [3.05, 3.63) is 59.2 Å². The average Bonchev–Trinajstić information content (AvgIpc) is 3.02. The monoisotopic (exact) mass is 335 g/mol. The van der Waals surface area contributed by atoms with Crippen LogP contribution in [0.1, 0.15) is 40.7 Å². The first kappa shape index (κ1) is 15.8. The number of ether oxygens (including phenoxy) is 2. The molecule has 1 fully saturated rings. The van der Waals surface area contributed by atoms with Crippen molar-refractivity contribution in [3.63, 3.8) is 0 Å². The first-order valence-electron chi connectivity index (χ1n) is 8.69. The molecule has 0 saturated heterocycles. The third kappa shape index (κ3) is 3.25. The van der Waals surface area contributed by atoms with Crippen LogP contribution in [0.3, 0.4) is 0 Å². The standard InChI is InChI=1S/C21H21NO3/c22-17-9-8-15(18(12-17)21(23)16-5-2-6-16)4-1-3-14-7-10-19-20(11-14)25-13-24-19/h1,4,7-12,16H,2-3,5-6,13,22H2/b4-1+. The van der Waals surface area contributed by atoms with Crippen LogP contribution in [0, 0.1) is 5.92 Å². The normalized spacial score (nSPS) is 16.2. The fourth-order valence-electron chi connectivity index (χ4n) is 3.21. The molecule has 0 radical (unpaired) electrons. The number of rotatable bonds is 5. The second-order valence-electron chi connectivity index (χ2n) is 6.63. The maximum absolute atomic E-state index is 12.6. The van der Waals surface area contributed by atoms with E-state index in [9.17, 15) is 4.79 Å². The lowest BCUT2D eigenvalue weighted by Crippen LogP contribution is -2.22. The van der Waals surface area contributed by atoms with Crippen molar-refractivity contribution in [1.29, 1.82) is 0 Å². The Labute approximate surface area is 147 Å². The number of carbonyl (C=O) groups excluding carboxylic acids is 1. The first-order valence-corrected chi connectivity index (χ1v) is 8.69. The number of Topliss-reactive ketones (excluding diaryl/α,β-unsaturated/α-hetero) is 1. The van der Waals surface area contributed by atoms with Gasteiger partial charge in [-0.1, -0.05) is 30.7 Å². The van der Waals surface area contributed by atoms with Crippen molar-refractivity contribution in [2.24, 2.45) is 5.92 Å². The van der Waals surface area contributed by atoms with E-state index < -0.39 is 0 Å². The van der Waals surface area contributed by atoms with Gasteiger partial charge < -0.3 is 15.2 Å². The number of fused-ring (bicyclic) bond motifs is 1.